The average Bonchev–Trinajstić information content (AvgIpc) is 2.61. The van der Waals surface area contributed by atoms with Crippen LogP contribution in [0.15, 0.2) is 36.4 Å². The molecule has 0 saturated heterocycles. The quantitative estimate of drug-likeness (QED) is 0.799. The molecule has 2 aromatic rings. The third-order valence-electron chi connectivity index (χ3n) is 3.99. The molecule has 0 amide bonds. The smallest absolute Gasteiger partial charge is 0.203 e. The zero-order valence-electron chi connectivity index (χ0n) is 14.6. The molecule has 1 atom stereocenters. The van der Waals surface area contributed by atoms with Gasteiger partial charge in [-0.3, -0.25) is 0 Å². The molecule has 24 heavy (non-hydrogen) atoms. The van der Waals surface area contributed by atoms with Crippen molar-refractivity contribution in [1.29, 1.82) is 0 Å². The summed E-state index contributed by atoms with van der Waals surface area (Å²) >= 11 is 0. The number of halogens is 1. The Balaban J connectivity index is 2.06. The Bertz CT molecular complexity index is 650. The van der Waals surface area contributed by atoms with Gasteiger partial charge in [0.2, 0.25) is 5.75 Å². The van der Waals surface area contributed by atoms with Crippen molar-refractivity contribution in [1.82, 2.24) is 5.32 Å². The van der Waals surface area contributed by atoms with E-state index in [1.165, 1.54) is 6.07 Å². The number of nitrogens with one attached hydrogen (secondary N) is 1. The summed E-state index contributed by atoms with van der Waals surface area (Å²) in [5.74, 6) is 1.64. The Kier molecular flexibility index (Phi) is 6.44. The molecule has 1 N–H and O–H groups in total. The van der Waals surface area contributed by atoms with Crippen molar-refractivity contribution >= 4 is 0 Å². The lowest BCUT2D eigenvalue weighted by Crippen LogP contribution is -2.21. The van der Waals surface area contributed by atoms with Crippen LogP contribution >= 0.6 is 0 Å². The van der Waals surface area contributed by atoms with Crippen LogP contribution in [-0.4, -0.2) is 27.9 Å². The van der Waals surface area contributed by atoms with E-state index in [-0.39, 0.29) is 11.9 Å². The van der Waals surface area contributed by atoms with E-state index in [0.717, 1.165) is 5.56 Å². The standard InChI is InChI=1S/C19H24FNO3/c1-13(21-10-9-14-7-5-6-8-16(14)20)15-11-17(22-2)19(24-4)18(12-15)23-3/h5-8,11-13,21H,9-10H2,1-4H3. The highest BCUT2D eigenvalue weighted by Gasteiger charge is 2.16. The van der Waals surface area contributed by atoms with E-state index >= 15 is 0 Å². The van der Waals surface area contributed by atoms with Crippen molar-refractivity contribution < 1.29 is 18.6 Å². The highest BCUT2D eigenvalue weighted by atomic mass is 19.1. The second-order valence-corrected chi connectivity index (χ2v) is 5.48. The van der Waals surface area contributed by atoms with E-state index < -0.39 is 0 Å². The fourth-order valence-electron chi connectivity index (χ4n) is 2.59. The van der Waals surface area contributed by atoms with E-state index in [1.807, 2.05) is 25.1 Å². The molecule has 2 rings (SSSR count). The van der Waals surface area contributed by atoms with Gasteiger partial charge in [0.05, 0.1) is 21.3 Å². The van der Waals surface area contributed by atoms with E-state index in [1.54, 1.807) is 33.5 Å². The molecule has 0 aliphatic heterocycles. The van der Waals surface area contributed by atoms with E-state index in [0.29, 0.717) is 35.8 Å². The van der Waals surface area contributed by atoms with Gasteiger partial charge in [0.15, 0.2) is 11.5 Å². The number of methoxy groups -OCH3 is 3. The molecule has 0 radical (unpaired) electrons. The molecule has 0 heterocycles. The molecule has 0 aliphatic rings. The van der Waals surface area contributed by atoms with Crippen molar-refractivity contribution in [2.45, 2.75) is 19.4 Å². The summed E-state index contributed by atoms with van der Waals surface area (Å²) in [5, 5.41) is 3.40. The molecule has 0 aromatic heterocycles. The maximum absolute atomic E-state index is 13.6. The average molecular weight is 333 g/mol. The predicted molar refractivity (Wildman–Crippen MR) is 92.6 cm³/mol. The number of hydrogen-bond donors (Lipinski definition) is 1. The molecule has 5 heteroatoms. The van der Waals surface area contributed by atoms with Crippen LogP contribution in [-0.2, 0) is 6.42 Å². The van der Waals surface area contributed by atoms with Crippen molar-refractivity contribution in [3.63, 3.8) is 0 Å². The van der Waals surface area contributed by atoms with Gasteiger partial charge in [0.1, 0.15) is 5.82 Å². The zero-order valence-corrected chi connectivity index (χ0v) is 14.6. The van der Waals surface area contributed by atoms with Crippen LogP contribution in [0.1, 0.15) is 24.1 Å². The van der Waals surface area contributed by atoms with Crippen molar-refractivity contribution in [2.75, 3.05) is 27.9 Å². The number of hydrogen-bond acceptors (Lipinski definition) is 4. The van der Waals surface area contributed by atoms with E-state index in [4.69, 9.17) is 14.2 Å². The molecular formula is C19H24FNO3. The summed E-state index contributed by atoms with van der Waals surface area (Å²) in [6.07, 6.45) is 0.626. The molecule has 0 bridgehead atoms. The largest absolute Gasteiger partial charge is 0.493 e. The van der Waals surface area contributed by atoms with Gasteiger partial charge in [-0.1, -0.05) is 18.2 Å². The number of ether oxygens (including phenoxy) is 3. The minimum atomic E-state index is -0.167. The van der Waals surface area contributed by atoms with Crippen LogP contribution in [0.3, 0.4) is 0 Å². The minimum absolute atomic E-state index is 0.0606. The van der Waals surface area contributed by atoms with Gasteiger partial charge >= 0.3 is 0 Å². The summed E-state index contributed by atoms with van der Waals surface area (Å²) in [5.41, 5.74) is 1.72. The first-order chi connectivity index (χ1) is 11.6. The van der Waals surface area contributed by atoms with Gasteiger partial charge in [-0.2, -0.15) is 0 Å². The molecule has 2 aromatic carbocycles. The first-order valence-electron chi connectivity index (χ1n) is 7.87. The first kappa shape index (κ1) is 18.1. The molecule has 1 unspecified atom stereocenters. The van der Waals surface area contributed by atoms with Gasteiger partial charge < -0.3 is 19.5 Å². The molecule has 4 nitrogen and oxygen atoms in total. The van der Waals surface area contributed by atoms with Crippen molar-refractivity contribution in [3.05, 3.63) is 53.3 Å². The van der Waals surface area contributed by atoms with Gasteiger partial charge in [0, 0.05) is 6.04 Å². The van der Waals surface area contributed by atoms with Crippen molar-refractivity contribution in [2.24, 2.45) is 0 Å². The van der Waals surface area contributed by atoms with Gasteiger partial charge in [-0.15, -0.1) is 0 Å². The molecule has 0 aliphatic carbocycles. The number of rotatable bonds is 8. The maximum Gasteiger partial charge on any atom is 0.203 e. The van der Waals surface area contributed by atoms with Gasteiger partial charge in [0.25, 0.3) is 0 Å². The summed E-state index contributed by atoms with van der Waals surface area (Å²) in [7, 11) is 4.77. The second kappa shape index (κ2) is 8.55. The summed E-state index contributed by atoms with van der Waals surface area (Å²) in [6, 6.07) is 10.7. The highest BCUT2D eigenvalue weighted by Crippen LogP contribution is 2.39. The molecular weight excluding hydrogens is 309 g/mol. The SMILES string of the molecule is COc1cc(C(C)NCCc2ccccc2F)cc(OC)c1OC. The fraction of sp³-hybridized carbons (Fsp3) is 0.368. The second-order valence-electron chi connectivity index (χ2n) is 5.48. The van der Waals surface area contributed by atoms with Crippen LogP contribution in [0.2, 0.25) is 0 Å². The third-order valence-corrected chi connectivity index (χ3v) is 3.99. The monoisotopic (exact) mass is 333 g/mol. The van der Waals surface area contributed by atoms with E-state index in [9.17, 15) is 4.39 Å². The Morgan fingerprint density at radius 1 is 1.00 bits per heavy atom. The zero-order chi connectivity index (χ0) is 17.5. The predicted octanol–water partition coefficient (Wildman–Crippen LogP) is 3.74. The molecule has 130 valence electrons. The summed E-state index contributed by atoms with van der Waals surface area (Å²) < 4.78 is 29.7. The van der Waals surface area contributed by atoms with Crippen LogP contribution < -0.4 is 19.5 Å². The van der Waals surface area contributed by atoms with Crippen LogP contribution in [0.4, 0.5) is 4.39 Å². The lowest BCUT2D eigenvalue weighted by Gasteiger charge is -2.19. The van der Waals surface area contributed by atoms with Crippen molar-refractivity contribution in [3.8, 4) is 17.2 Å². The Morgan fingerprint density at radius 2 is 1.62 bits per heavy atom. The summed E-state index contributed by atoms with van der Waals surface area (Å²) in [6.45, 7) is 2.71. The van der Waals surface area contributed by atoms with Gasteiger partial charge in [-0.25, -0.2) is 4.39 Å². The number of benzene rings is 2. The highest BCUT2D eigenvalue weighted by molar-refractivity contribution is 5.54. The Morgan fingerprint density at radius 3 is 2.17 bits per heavy atom. The van der Waals surface area contributed by atoms with Crippen LogP contribution in [0, 0.1) is 5.82 Å². The molecule has 0 spiro atoms. The van der Waals surface area contributed by atoms with Gasteiger partial charge in [-0.05, 0) is 49.2 Å². The van der Waals surface area contributed by atoms with Crippen LogP contribution in [0.25, 0.3) is 0 Å². The fourth-order valence-corrected chi connectivity index (χ4v) is 2.59. The lowest BCUT2D eigenvalue weighted by molar-refractivity contribution is 0.323. The third kappa shape index (κ3) is 4.17. The first-order valence-corrected chi connectivity index (χ1v) is 7.87. The Hall–Kier alpha value is -2.27. The van der Waals surface area contributed by atoms with E-state index in [2.05, 4.69) is 5.32 Å². The maximum atomic E-state index is 13.6. The Labute approximate surface area is 142 Å². The summed E-state index contributed by atoms with van der Waals surface area (Å²) in [4.78, 5) is 0. The van der Waals surface area contributed by atoms with Crippen LogP contribution in [0.5, 0.6) is 17.2 Å². The lowest BCUT2D eigenvalue weighted by atomic mass is 10.1. The molecule has 0 fully saturated rings. The minimum Gasteiger partial charge on any atom is -0.493 e. The molecule has 0 saturated carbocycles. The normalized spacial score (nSPS) is 11.9. The topological polar surface area (TPSA) is 39.7 Å².